The zero-order valence-corrected chi connectivity index (χ0v) is 12.5. The average Bonchev–Trinajstić information content (AvgIpc) is 2.52. The molecule has 1 aromatic carbocycles. The molecule has 5 nitrogen and oxygen atoms in total. The third kappa shape index (κ3) is 4.21. The smallest absolute Gasteiger partial charge is 0.224 e. The number of carbonyl (C=O) groups excluding carboxylic acids is 2. The van der Waals surface area contributed by atoms with Crippen LogP contribution in [0.3, 0.4) is 0 Å². The predicted molar refractivity (Wildman–Crippen MR) is 82.5 cm³/mol. The maximum atomic E-state index is 12.3. The summed E-state index contributed by atoms with van der Waals surface area (Å²) in [6.07, 6.45) is 2.90. The first kappa shape index (κ1) is 15.4. The molecule has 2 rings (SSSR count). The van der Waals surface area contributed by atoms with E-state index >= 15 is 0 Å². The van der Waals surface area contributed by atoms with Crippen LogP contribution >= 0.6 is 0 Å². The van der Waals surface area contributed by atoms with Crippen molar-refractivity contribution in [3.63, 3.8) is 0 Å². The van der Waals surface area contributed by atoms with Gasteiger partial charge < -0.3 is 16.0 Å². The van der Waals surface area contributed by atoms with Gasteiger partial charge in [0.2, 0.25) is 11.8 Å². The number of nitrogens with two attached hydrogens (primary N) is 1. The van der Waals surface area contributed by atoms with Gasteiger partial charge in [-0.15, -0.1) is 0 Å². The van der Waals surface area contributed by atoms with E-state index < -0.39 is 0 Å². The normalized spacial score (nSPS) is 18.3. The van der Waals surface area contributed by atoms with Crippen molar-refractivity contribution in [3.8, 4) is 0 Å². The lowest BCUT2D eigenvalue weighted by molar-refractivity contribution is -0.135. The van der Waals surface area contributed by atoms with Crippen molar-refractivity contribution < 1.29 is 9.59 Å². The van der Waals surface area contributed by atoms with Gasteiger partial charge >= 0.3 is 0 Å². The first-order valence-electron chi connectivity index (χ1n) is 7.44. The zero-order valence-electron chi connectivity index (χ0n) is 12.5. The molecule has 1 unspecified atom stereocenters. The Morgan fingerprint density at radius 1 is 1.43 bits per heavy atom. The van der Waals surface area contributed by atoms with E-state index in [9.17, 15) is 9.59 Å². The van der Waals surface area contributed by atoms with Gasteiger partial charge in [0.15, 0.2) is 0 Å². The molecule has 0 radical (unpaired) electrons. The molecule has 0 saturated carbocycles. The Kier molecular flexibility index (Phi) is 5.20. The molecular weight excluding hydrogens is 266 g/mol. The predicted octanol–water partition coefficient (Wildman–Crippen LogP) is 1.19. The number of nitrogens with zero attached hydrogens (tertiary/aromatic N) is 1. The molecule has 1 heterocycles. The highest BCUT2D eigenvalue weighted by atomic mass is 16.2. The van der Waals surface area contributed by atoms with Gasteiger partial charge in [-0.3, -0.25) is 9.59 Å². The Balaban J connectivity index is 1.86. The van der Waals surface area contributed by atoms with E-state index in [0.29, 0.717) is 19.4 Å². The van der Waals surface area contributed by atoms with Crippen molar-refractivity contribution in [3.05, 3.63) is 29.8 Å². The number of nitrogens with one attached hydrogen (secondary N) is 1. The molecule has 0 spiro atoms. The number of anilines is 1. The van der Waals surface area contributed by atoms with Gasteiger partial charge in [0.05, 0.1) is 5.92 Å². The first-order valence-corrected chi connectivity index (χ1v) is 7.44. The van der Waals surface area contributed by atoms with E-state index in [0.717, 1.165) is 30.6 Å². The summed E-state index contributed by atoms with van der Waals surface area (Å²) in [4.78, 5) is 25.8. The van der Waals surface area contributed by atoms with Crippen LogP contribution < -0.4 is 11.1 Å². The topological polar surface area (TPSA) is 75.4 Å². The van der Waals surface area contributed by atoms with E-state index in [2.05, 4.69) is 5.32 Å². The molecule has 21 heavy (non-hydrogen) atoms. The molecule has 0 aliphatic carbocycles. The highest BCUT2D eigenvalue weighted by Gasteiger charge is 2.27. The van der Waals surface area contributed by atoms with Crippen molar-refractivity contribution >= 4 is 17.5 Å². The number of likely N-dealkylation sites (tertiary alicyclic amines) is 1. The van der Waals surface area contributed by atoms with Gasteiger partial charge in [0.25, 0.3) is 0 Å². The fraction of sp³-hybridized carbons (Fsp3) is 0.500. The van der Waals surface area contributed by atoms with Crippen LogP contribution in [-0.2, 0) is 16.0 Å². The van der Waals surface area contributed by atoms with Crippen LogP contribution in [0.4, 0.5) is 5.69 Å². The molecule has 1 saturated heterocycles. The lowest BCUT2D eigenvalue weighted by Crippen LogP contribution is -2.44. The summed E-state index contributed by atoms with van der Waals surface area (Å²) in [5.74, 6) is 0.0782. The number of piperidine rings is 1. The molecule has 2 amide bonds. The van der Waals surface area contributed by atoms with E-state index in [1.54, 1.807) is 7.05 Å². The number of aryl methyl sites for hydroxylation is 1. The second-order valence-corrected chi connectivity index (χ2v) is 5.54. The average molecular weight is 289 g/mol. The molecule has 0 bridgehead atoms. The van der Waals surface area contributed by atoms with Crippen molar-refractivity contribution in [1.29, 1.82) is 0 Å². The Hall–Kier alpha value is -2.04. The monoisotopic (exact) mass is 289 g/mol. The third-order valence-electron chi connectivity index (χ3n) is 3.97. The highest BCUT2D eigenvalue weighted by molar-refractivity contribution is 5.81. The lowest BCUT2D eigenvalue weighted by atomic mass is 9.96. The largest absolute Gasteiger partial charge is 0.399 e. The SMILES string of the molecule is CNC(=O)C1CCCN(C(=O)CCc2cccc(N)c2)C1. The number of carbonyl (C=O) groups is 2. The fourth-order valence-corrected chi connectivity index (χ4v) is 2.78. The molecule has 1 aliphatic rings. The van der Waals surface area contributed by atoms with Gasteiger partial charge in [-0.2, -0.15) is 0 Å². The number of hydrogen-bond donors (Lipinski definition) is 2. The molecule has 114 valence electrons. The molecule has 1 fully saturated rings. The fourth-order valence-electron chi connectivity index (χ4n) is 2.78. The first-order chi connectivity index (χ1) is 10.1. The Labute approximate surface area is 125 Å². The number of hydrogen-bond acceptors (Lipinski definition) is 3. The van der Waals surface area contributed by atoms with Crippen LogP contribution in [0.2, 0.25) is 0 Å². The molecule has 3 N–H and O–H groups in total. The second-order valence-electron chi connectivity index (χ2n) is 5.54. The van der Waals surface area contributed by atoms with E-state index in [1.807, 2.05) is 29.2 Å². The summed E-state index contributed by atoms with van der Waals surface area (Å²) in [6.45, 7) is 1.29. The minimum atomic E-state index is -0.0694. The Bertz CT molecular complexity index is 516. The van der Waals surface area contributed by atoms with Crippen LogP contribution in [-0.4, -0.2) is 36.9 Å². The van der Waals surface area contributed by atoms with Gasteiger partial charge in [-0.1, -0.05) is 12.1 Å². The summed E-state index contributed by atoms with van der Waals surface area (Å²) in [7, 11) is 1.64. The zero-order chi connectivity index (χ0) is 15.2. The number of rotatable bonds is 4. The van der Waals surface area contributed by atoms with Crippen molar-refractivity contribution in [2.24, 2.45) is 5.92 Å². The van der Waals surface area contributed by atoms with Crippen LogP contribution in [0, 0.1) is 5.92 Å². The molecule has 1 aromatic rings. The van der Waals surface area contributed by atoms with Gasteiger partial charge in [-0.05, 0) is 37.0 Å². The summed E-state index contributed by atoms with van der Waals surface area (Å²) < 4.78 is 0. The minimum Gasteiger partial charge on any atom is -0.399 e. The summed E-state index contributed by atoms with van der Waals surface area (Å²) in [5.41, 5.74) is 7.53. The number of amides is 2. The maximum Gasteiger partial charge on any atom is 0.224 e. The Morgan fingerprint density at radius 3 is 2.95 bits per heavy atom. The molecule has 5 heteroatoms. The summed E-state index contributed by atoms with van der Waals surface area (Å²) in [6, 6.07) is 7.62. The summed E-state index contributed by atoms with van der Waals surface area (Å²) >= 11 is 0. The van der Waals surface area contributed by atoms with Gasteiger partial charge in [0, 0.05) is 32.2 Å². The standard InChI is InChI=1S/C16H23N3O2/c1-18-16(21)13-5-3-9-19(11-13)15(20)8-7-12-4-2-6-14(17)10-12/h2,4,6,10,13H,3,5,7-9,11,17H2,1H3,(H,18,21). The Morgan fingerprint density at radius 2 is 2.24 bits per heavy atom. The van der Waals surface area contributed by atoms with Crippen LogP contribution in [0.25, 0.3) is 0 Å². The van der Waals surface area contributed by atoms with Crippen LogP contribution in [0.15, 0.2) is 24.3 Å². The van der Waals surface area contributed by atoms with E-state index in [4.69, 9.17) is 5.73 Å². The third-order valence-corrected chi connectivity index (χ3v) is 3.97. The van der Waals surface area contributed by atoms with E-state index in [-0.39, 0.29) is 17.7 Å². The van der Waals surface area contributed by atoms with Gasteiger partial charge in [0.1, 0.15) is 0 Å². The lowest BCUT2D eigenvalue weighted by Gasteiger charge is -2.32. The van der Waals surface area contributed by atoms with E-state index in [1.165, 1.54) is 0 Å². The van der Waals surface area contributed by atoms with Crippen LogP contribution in [0.1, 0.15) is 24.8 Å². The van der Waals surface area contributed by atoms with Crippen molar-refractivity contribution in [2.75, 3.05) is 25.9 Å². The number of nitrogen functional groups attached to an aromatic ring is 1. The maximum absolute atomic E-state index is 12.3. The second kappa shape index (κ2) is 7.11. The number of benzene rings is 1. The minimum absolute atomic E-state index is 0.0309. The molecule has 1 aliphatic heterocycles. The molecule has 0 aromatic heterocycles. The van der Waals surface area contributed by atoms with Crippen molar-refractivity contribution in [2.45, 2.75) is 25.7 Å². The molecular formula is C16H23N3O2. The molecule has 1 atom stereocenters. The highest BCUT2D eigenvalue weighted by Crippen LogP contribution is 2.18. The van der Waals surface area contributed by atoms with Crippen molar-refractivity contribution in [1.82, 2.24) is 10.2 Å². The van der Waals surface area contributed by atoms with Gasteiger partial charge in [-0.25, -0.2) is 0 Å². The summed E-state index contributed by atoms with van der Waals surface area (Å²) in [5, 5.41) is 2.67. The quantitative estimate of drug-likeness (QED) is 0.817. The van der Waals surface area contributed by atoms with Crippen LogP contribution in [0.5, 0.6) is 0 Å².